The van der Waals surface area contributed by atoms with E-state index in [0.717, 1.165) is 37.7 Å². The molecule has 0 saturated carbocycles. The van der Waals surface area contributed by atoms with Crippen molar-refractivity contribution in [2.45, 2.75) is 155 Å². The van der Waals surface area contributed by atoms with Crippen LogP contribution in [0.25, 0.3) is 0 Å². The molecule has 1 rings (SSSR count). The van der Waals surface area contributed by atoms with Crippen molar-refractivity contribution in [3.63, 3.8) is 0 Å². The summed E-state index contributed by atoms with van der Waals surface area (Å²) in [6, 6.07) is 9.55. The molecule has 0 radical (unpaired) electrons. The number of carbonyl (C=O) groups excluding carboxylic acids is 3. The minimum absolute atomic E-state index is 0.00868. The van der Waals surface area contributed by atoms with E-state index in [1.165, 1.54) is 6.42 Å². The van der Waals surface area contributed by atoms with E-state index in [0.29, 0.717) is 29.1 Å². The zero-order valence-electron chi connectivity index (χ0n) is 34.5. The number of carboxylic acid groups (broad SMARTS) is 1. The molecule has 6 nitrogen and oxygen atoms in total. The zero-order chi connectivity index (χ0) is 39.4. The minimum Gasteiger partial charge on any atom is -0.481 e. The maximum Gasteiger partial charge on any atom is 0.309 e. The van der Waals surface area contributed by atoms with Crippen LogP contribution in [-0.2, 0) is 30.5 Å². The number of ketones is 1. The van der Waals surface area contributed by atoms with Gasteiger partial charge < -0.3 is 9.84 Å². The van der Waals surface area contributed by atoms with Gasteiger partial charge in [-0.1, -0.05) is 134 Å². The molecule has 1 aromatic carbocycles. The first-order valence-corrected chi connectivity index (χ1v) is 19.3. The molecule has 0 aliphatic rings. The van der Waals surface area contributed by atoms with Crippen LogP contribution < -0.4 is 0 Å². The standard InChI is InChI=1S/C18H35ClO.C18H26O3.C7H14O2/c1-13(11-17(3,4)5)9-10-15(16(19)20)14(2)12-18(6,7)8;1-13(2)10-14(3)17(19)11-15(4)18(20)21-12-16-8-6-5-7-9-16;1-5(2)4-6(3)7(8)9/h13-15H,9-12H2,1-8H3;5-9,13-15H,10-12H2,1-4H3;5-6H,4H2,1-3H3,(H,8,9)/t;14-,15+;6-/m.00/s1. The van der Waals surface area contributed by atoms with E-state index in [9.17, 15) is 19.2 Å². The van der Waals surface area contributed by atoms with Gasteiger partial charge in [0.2, 0.25) is 5.24 Å². The number of halogens is 1. The lowest BCUT2D eigenvalue weighted by atomic mass is 9.76. The predicted molar refractivity (Wildman–Crippen MR) is 210 cm³/mol. The molecule has 0 bridgehead atoms. The Bertz CT molecular complexity index is 1100. The molecule has 0 amide bonds. The van der Waals surface area contributed by atoms with Crippen LogP contribution in [0.3, 0.4) is 0 Å². The van der Waals surface area contributed by atoms with Gasteiger partial charge in [0.25, 0.3) is 0 Å². The summed E-state index contributed by atoms with van der Waals surface area (Å²) in [5.74, 6) is 0.589. The lowest BCUT2D eigenvalue weighted by Crippen LogP contribution is -2.24. The van der Waals surface area contributed by atoms with E-state index in [2.05, 4.69) is 69.2 Å². The van der Waals surface area contributed by atoms with Gasteiger partial charge in [-0.3, -0.25) is 19.2 Å². The first kappa shape index (κ1) is 49.9. The summed E-state index contributed by atoms with van der Waals surface area (Å²) < 4.78 is 5.26. The number of hydrogen-bond acceptors (Lipinski definition) is 5. The molecule has 0 aromatic heterocycles. The minimum atomic E-state index is -0.691. The van der Waals surface area contributed by atoms with Crippen LogP contribution in [0.5, 0.6) is 0 Å². The number of rotatable bonds is 18. The first-order valence-electron chi connectivity index (χ1n) is 18.9. The van der Waals surface area contributed by atoms with Crippen LogP contribution >= 0.6 is 11.6 Å². The van der Waals surface area contributed by atoms with Crippen molar-refractivity contribution in [1.29, 1.82) is 0 Å². The summed E-state index contributed by atoms with van der Waals surface area (Å²) in [6.07, 6.45) is 6.17. The molecule has 3 unspecified atom stereocenters. The number of benzene rings is 1. The maximum absolute atomic E-state index is 12.1. The lowest BCUT2D eigenvalue weighted by Gasteiger charge is -2.29. The normalized spacial score (nSPS) is 15.3. The van der Waals surface area contributed by atoms with Crippen LogP contribution in [-0.4, -0.2) is 28.1 Å². The summed E-state index contributed by atoms with van der Waals surface area (Å²) in [5.41, 5.74) is 1.57. The van der Waals surface area contributed by atoms with Gasteiger partial charge >= 0.3 is 11.9 Å². The predicted octanol–water partition coefficient (Wildman–Crippen LogP) is 12.1. The van der Waals surface area contributed by atoms with Gasteiger partial charge in [0.1, 0.15) is 12.4 Å². The van der Waals surface area contributed by atoms with Crippen LogP contribution in [0.2, 0.25) is 0 Å². The average Bonchev–Trinajstić information content (AvgIpc) is 2.94. The van der Waals surface area contributed by atoms with Crippen LogP contribution in [0.1, 0.15) is 154 Å². The van der Waals surface area contributed by atoms with E-state index >= 15 is 0 Å². The molecule has 6 atom stereocenters. The molecule has 50 heavy (non-hydrogen) atoms. The second kappa shape index (κ2) is 24.9. The van der Waals surface area contributed by atoms with Gasteiger partial charge in [-0.15, -0.1) is 0 Å². The van der Waals surface area contributed by atoms with Gasteiger partial charge in [0, 0.05) is 18.3 Å². The number of carboxylic acids is 1. The number of carbonyl (C=O) groups is 4. The fourth-order valence-corrected chi connectivity index (χ4v) is 6.77. The SMILES string of the molecule is CC(C)C[C@H](C)C(=O)C[C@@H](C)C(=O)OCc1ccccc1.CC(C)C[C@H](C)C(=O)O.CC(CCC(C(=O)Cl)C(C)CC(C)(C)C)CC(C)(C)C. The Morgan fingerprint density at radius 2 is 1.18 bits per heavy atom. The molecule has 0 saturated heterocycles. The number of Topliss-reactive ketones (excluding diaryl/α,β-unsaturated/α-hetero) is 1. The Labute approximate surface area is 312 Å². The second-order valence-corrected chi connectivity index (χ2v) is 18.5. The van der Waals surface area contributed by atoms with Crippen molar-refractivity contribution in [3.8, 4) is 0 Å². The van der Waals surface area contributed by atoms with Crippen LogP contribution in [0.4, 0.5) is 0 Å². The summed E-state index contributed by atoms with van der Waals surface area (Å²) in [5, 5.41) is 8.28. The highest BCUT2D eigenvalue weighted by Crippen LogP contribution is 2.34. The third kappa shape index (κ3) is 27.5. The summed E-state index contributed by atoms with van der Waals surface area (Å²) in [7, 11) is 0. The van der Waals surface area contributed by atoms with Gasteiger partial charge in [0.05, 0.1) is 11.8 Å². The highest BCUT2D eigenvalue weighted by Gasteiger charge is 2.28. The molecule has 290 valence electrons. The Kier molecular flexibility index (Phi) is 24.8. The van der Waals surface area contributed by atoms with Crippen molar-refractivity contribution >= 4 is 34.6 Å². The largest absolute Gasteiger partial charge is 0.481 e. The summed E-state index contributed by atoms with van der Waals surface area (Å²) in [6.45, 7) is 31.9. The molecular formula is C43H75ClO6. The molecule has 0 aliphatic heterocycles. The number of hydrogen-bond donors (Lipinski definition) is 1. The van der Waals surface area contributed by atoms with Gasteiger partial charge in [-0.2, -0.15) is 0 Å². The fraction of sp³-hybridized carbons (Fsp3) is 0.767. The fourth-order valence-electron chi connectivity index (χ4n) is 6.45. The lowest BCUT2D eigenvalue weighted by molar-refractivity contribution is -0.151. The molecule has 1 N–H and O–H groups in total. The Morgan fingerprint density at radius 1 is 0.700 bits per heavy atom. The van der Waals surface area contributed by atoms with E-state index in [4.69, 9.17) is 21.4 Å². The van der Waals surface area contributed by atoms with Crippen molar-refractivity contribution in [2.24, 2.45) is 58.2 Å². The second-order valence-electron chi connectivity index (χ2n) is 18.2. The van der Waals surface area contributed by atoms with Gasteiger partial charge in [-0.05, 0) is 90.2 Å². The molecule has 7 heteroatoms. The highest BCUT2D eigenvalue weighted by molar-refractivity contribution is 6.64. The highest BCUT2D eigenvalue weighted by atomic mass is 35.5. The zero-order valence-corrected chi connectivity index (χ0v) is 35.3. The Balaban J connectivity index is 0. The molecule has 0 fully saturated rings. The molecule has 0 aliphatic carbocycles. The van der Waals surface area contributed by atoms with Crippen molar-refractivity contribution in [3.05, 3.63) is 35.9 Å². The number of ether oxygens (including phenoxy) is 1. The van der Waals surface area contributed by atoms with Crippen molar-refractivity contribution in [2.75, 3.05) is 0 Å². The van der Waals surface area contributed by atoms with Gasteiger partial charge in [-0.25, -0.2) is 0 Å². The Hall–Kier alpha value is -2.21. The molecule has 1 aromatic rings. The quantitative estimate of drug-likeness (QED) is 0.120. The monoisotopic (exact) mass is 723 g/mol. The van der Waals surface area contributed by atoms with E-state index < -0.39 is 5.97 Å². The van der Waals surface area contributed by atoms with Crippen LogP contribution in [0, 0.1) is 58.2 Å². The summed E-state index contributed by atoms with van der Waals surface area (Å²) >= 11 is 5.85. The number of aliphatic carboxylic acids is 1. The number of esters is 1. The van der Waals surface area contributed by atoms with E-state index in [1.54, 1.807) is 13.8 Å². The average molecular weight is 724 g/mol. The maximum atomic E-state index is 12.1. The third-order valence-corrected chi connectivity index (χ3v) is 8.88. The third-order valence-electron chi connectivity index (χ3n) is 8.60. The van der Waals surface area contributed by atoms with Crippen molar-refractivity contribution in [1.82, 2.24) is 0 Å². The van der Waals surface area contributed by atoms with E-state index in [-0.39, 0.29) is 59.1 Å². The van der Waals surface area contributed by atoms with E-state index in [1.807, 2.05) is 51.1 Å². The smallest absolute Gasteiger partial charge is 0.309 e. The topological polar surface area (TPSA) is 97.7 Å². The molecule has 0 spiro atoms. The first-order chi connectivity index (χ1) is 22.7. The molecular weight excluding hydrogens is 648 g/mol. The van der Waals surface area contributed by atoms with Crippen molar-refractivity contribution < 1.29 is 29.0 Å². The summed E-state index contributed by atoms with van der Waals surface area (Å²) in [4.78, 5) is 46.0. The Morgan fingerprint density at radius 3 is 1.58 bits per heavy atom. The van der Waals surface area contributed by atoms with Crippen LogP contribution in [0.15, 0.2) is 30.3 Å². The molecule has 0 heterocycles. The van der Waals surface area contributed by atoms with Gasteiger partial charge in [0.15, 0.2) is 0 Å².